The lowest BCUT2D eigenvalue weighted by molar-refractivity contribution is -0.118. The zero-order chi connectivity index (χ0) is 15.9. The second-order valence-electron chi connectivity index (χ2n) is 4.80. The van der Waals surface area contributed by atoms with Crippen LogP contribution in [-0.2, 0) is 4.79 Å². The summed E-state index contributed by atoms with van der Waals surface area (Å²) in [6, 6.07) is 14.8. The van der Waals surface area contributed by atoms with E-state index in [0.29, 0.717) is 23.7 Å². The highest BCUT2D eigenvalue weighted by Gasteiger charge is 2.09. The fourth-order valence-electron chi connectivity index (χ4n) is 2.02. The lowest BCUT2D eigenvalue weighted by atomic mass is 10.0. The Labute approximate surface area is 134 Å². The van der Waals surface area contributed by atoms with Crippen LogP contribution in [0.1, 0.15) is 17.3 Å². The Kier molecular flexibility index (Phi) is 5.55. The number of amides is 2. The summed E-state index contributed by atoms with van der Waals surface area (Å²) < 4.78 is 0. The van der Waals surface area contributed by atoms with Crippen LogP contribution in [0.15, 0.2) is 48.5 Å². The molecule has 0 aliphatic rings. The summed E-state index contributed by atoms with van der Waals surface area (Å²) in [5, 5.41) is 5.98. The van der Waals surface area contributed by atoms with Crippen molar-refractivity contribution >= 4 is 23.4 Å². The van der Waals surface area contributed by atoms with Gasteiger partial charge in [-0.3, -0.25) is 9.59 Å². The molecule has 2 amide bonds. The molecule has 0 saturated carbocycles. The Morgan fingerprint density at radius 1 is 1.00 bits per heavy atom. The Bertz CT molecular complexity index is 672. The van der Waals surface area contributed by atoms with Crippen LogP contribution in [-0.4, -0.2) is 24.9 Å². The van der Waals surface area contributed by atoms with Gasteiger partial charge in [0, 0.05) is 36.2 Å². The van der Waals surface area contributed by atoms with Gasteiger partial charge in [0.2, 0.25) is 5.91 Å². The Morgan fingerprint density at radius 2 is 1.68 bits per heavy atom. The van der Waals surface area contributed by atoms with Crippen LogP contribution in [0.4, 0.5) is 0 Å². The summed E-state index contributed by atoms with van der Waals surface area (Å²) in [6.45, 7) is 2.22. The predicted octanol–water partition coefficient (Wildman–Crippen LogP) is 2.87. The monoisotopic (exact) mass is 316 g/mol. The number of carbonyl (C=O) groups excluding carboxylic acids is 2. The minimum Gasteiger partial charge on any atom is -0.355 e. The largest absolute Gasteiger partial charge is 0.355 e. The number of nitrogens with one attached hydrogen (secondary N) is 2. The van der Waals surface area contributed by atoms with E-state index in [-0.39, 0.29) is 11.8 Å². The summed E-state index contributed by atoms with van der Waals surface area (Å²) in [7, 11) is 0. The molecule has 2 N–H and O–H groups in total. The van der Waals surface area contributed by atoms with Crippen LogP contribution in [0, 0.1) is 0 Å². The van der Waals surface area contributed by atoms with Crippen LogP contribution in [0.3, 0.4) is 0 Å². The molecule has 0 bridgehead atoms. The van der Waals surface area contributed by atoms with Crippen molar-refractivity contribution in [2.45, 2.75) is 6.92 Å². The van der Waals surface area contributed by atoms with E-state index in [0.717, 1.165) is 11.1 Å². The van der Waals surface area contributed by atoms with Gasteiger partial charge in [-0.15, -0.1) is 0 Å². The highest BCUT2D eigenvalue weighted by molar-refractivity contribution is 6.33. The first-order chi connectivity index (χ1) is 10.6. The van der Waals surface area contributed by atoms with E-state index in [9.17, 15) is 9.59 Å². The molecule has 0 aromatic heterocycles. The molecule has 0 atom stereocenters. The number of halogens is 1. The third-order valence-electron chi connectivity index (χ3n) is 3.10. The van der Waals surface area contributed by atoms with Crippen molar-refractivity contribution in [2.24, 2.45) is 0 Å². The van der Waals surface area contributed by atoms with Crippen molar-refractivity contribution < 1.29 is 9.59 Å². The molecule has 0 saturated heterocycles. The van der Waals surface area contributed by atoms with Crippen molar-refractivity contribution in [1.29, 1.82) is 0 Å². The molecular weight excluding hydrogens is 300 g/mol. The van der Waals surface area contributed by atoms with Gasteiger partial charge in [-0.1, -0.05) is 41.9 Å². The van der Waals surface area contributed by atoms with E-state index in [2.05, 4.69) is 10.6 Å². The van der Waals surface area contributed by atoms with Gasteiger partial charge in [-0.2, -0.15) is 0 Å². The van der Waals surface area contributed by atoms with Gasteiger partial charge in [0.15, 0.2) is 0 Å². The van der Waals surface area contributed by atoms with Gasteiger partial charge >= 0.3 is 0 Å². The first kappa shape index (κ1) is 16.0. The highest BCUT2D eigenvalue weighted by atomic mass is 35.5. The molecule has 0 fully saturated rings. The van der Waals surface area contributed by atoms with Crippen LogP contribution in [0.5, 0.6) is 0 Å². The average molecular weight is 317 g/mol. The minimum atomic E-state index is -0.195. The molecule has 0 heterocycles. The molecular formula is C17H17ClN2O2. The van der Waals surface area contributed by atoms with Gasteiger partial charge in [0.25, 0.3) is 5.91 Å². The maximum atomic E-state index is 12.1. The molecule has 2 rings (SSSR count). The molecule has 2 aromatic rings. The topological polar surface area (TPSA) is 58.2 Å². The molecule has 0 aliphatic carbocycles. The van der Waals surface area contributed by atoms with Crippen molar-refractivity contribution in [3.8, 4) is 11.1 Å². The molecule has 0 unspecified atom stereocenters. The second kappa shape index (κ2) is 7.61. The van der Waals surface area contributed by atoms with Gasteiger partial charge in [0.05, 0.1) is 0 Å². The van der Waals surface area contributed by atoms with Crippen LogP contribution < -0.4 is 10.6 Å². The molecule has 4 nitrogen and oxygen atoms in total. The lowest BCUT2D eigenvalue weighted by Gasteiger charge is -2.09. The Hall–Kier alpha value is -2.33. The van der Waals surface area contributed by atoms with E-state index in [4.69, 9.17) is 11.6 Å². The standard InChI is InChI=1S/C17H17ClN2O2/c1-12(21)19-9-10-20-17(22)14-7-8-16(18)15(11-14)13-5-3-2-4-6-13/h2-8,11H,9-10H2,1H3,(H,19,21)(H,20,22). The number of hydrogen-bond donors (Lipinski definition) is 2. The second-order valence-corrected chi connectivity index (χ2v) is 5.21. The maximum absolute atomic E-state index is 12.1. The van der Waals surface area contributed by atoms with Crippen molar-refractivity contribution in [1.82, 2.24) is 10.6 Å². The minimum absolute atomic E-state index is 0.118. The first-order valence-electron chi connectivity index (χ1n) is 6.95. The van der Waals surface area contributed by atoms with E-state index in [1.165, 1.54) is 6.92 Å². The number of carbonyl (C=O) groups is 2. The van der Waals surface area contributed by atoms with E-state index in [1.54, 1.807) is 18.2 Å². The molecule has 0 aliphatic heterocycles. The third-order valence-corrected chi connectivity index (χ3v) is 3.43. The SMILES string of the molecule is CC(=O)NCCNC(=O)c1ccc(Cl)c(-c2ccccc2)c1. The van der Waals surface area contributed by atoms with Crippen molar-refractivity contribution in [3.63, 3.8) is 0 Å². The molecule has 5 heteroatoms. The summed E-state index contributed by atoms with van der Waals surface area (Å²) in [4.78, 5) is 22.9. The fourth-order valence-corrected chi connectivity index (χ4v) is 2.25. The zero-order valence-electron chi connectivity index (χ0n) is 12.2. The summed E-state index contributed by atoms with van der Waals surface area (Å²) in [6.07, 6.45) is 0. The lowest BCUT2D eigenvalue weighted by Crippen LogP contribution is -2.33. The average Bonchev–Trinajstić information content (AvgIpc) is 2.52. The Balaban J connectivity index is 2.09. The molecule has 22 heavy (non-hydrogen) atoms. The number of hydrogen-bond acceptors (Lipinski definition) is 2. The van der Waals surface area contributed by atoms with Crippen LogP contribution in [0.2, 0.25) is 5.02 Å². The maximum Gasteiger partial charge on any atom is 0.251 e. The third kappa shape index (κ3) is 4.33. The smallest absolute Gasteiger partial charge is 0.251 e. The summed E-state index contributed by atoms with van der Waals surface area (Å²) in [5.41, 5.74) is 2.31. The van der Waals surface area contributed by atoms with Crippen LogP contribution >= 0.6 is 11.6 Å². The number of rotatable bonds is 5. The molecule has 0 radical (unpaired) electrons. The van der Waals surface area contributed by atoms with Gasteiger partial charge in [-0.25, -0.2) is 0 Å². The first-order valence-corrected chi connectivity index (χ1v) is 7.33. The van der Waals surface area contributed by atoms with Gasteiger partial charge < -0.3 is 10.6 Å². The molecule has 2 aromatic carbocycles. The predicted molar refractivity (Wildman–Crippen MR) is 87.9 cm³/mol. The quantitative estimate of drug-likeness (QED) is 0.833. The van der Waals surface area contributed by atoms with Gasteiger partial charge in [-0.05, 0) is 23.8 Å². The Morgan fingerprint density at radius 3 is 2.36 bits per heavy atom. The van der Waals surface area contributed by atoms with Crippen LogP contribution in [0.25, 0.3) is 11.1 Å². The van der Waals surface area contributed by atoms with E-state index in [1.807, 2.05) is 30.3 Å². The van der Waals surface area contributed by atoms with Crippen molar-refractivity contribution in [3.05, 3.63) is 59.1 Å². The summed E-state index contributed by atoms with van der Waals surface area (Å²) >= 11 is 6.22. The highest BCUT2D eigenvalue weighted by Crippen LogP contribution is 2.28. The van der Waals surface area contributed by atoms with Gasteiger partial charge in [0.1, 0.15) is 0 Å². The van der Waals surface area contributed by atoms with E-state index < -0.39 is 0 Å². The normalized spacial score (nSPS) is 10.1. The zero-order valence-corrected chi connectivity index (χ0v) is 13.0. The molecule has 0 spiro atoms. The number of benzene rings is 2. The van der Waals surface area contributed by atoms with E-state index >= 15 is 0 Å². The molecule has 114 valence electrons. The fraction of sp³-hybridized carbons (Fsp3) is 0.176. The van der Waals surface area contributed by atoms with Crippen molar-refractivity contribution in [2.75, 3.05) is 13.1 Å². The summed E-state index contributed by atoms with van der Waals surface area (Å²) in [5.74, 6) is -0.314.